The summed E-state index contributed by atoms with van der Waals surface area (Å²) in [5, 5.41) is 14.5. The molecule has 1 heterocycles. The number of rotatable bonds is 6. The van der Waals surface area contributed by atoms with Gasteiger partial charge in [0.05, 0.1) is 12.3 Å². The Morgan fingerprint density at radius 1 is 0.970 bits per heavy atom. The summed E-state index contributed by atoms with van der Waals surface area (Å²) in [4.78, 5) is 40.1. The molecular formula is C25H21N3O5. The van der Waals surface area contributed by atoms with Gasteiger partial charge in [-0.25, -0.2) is 4.79 Å². The van der Waals surface area contributed by atoms with Crippen LogP contribution in [-0.2, 0) is 0 Å². The summed E-state index contributed by atoms with van der Waals surface area (Å²) in [5.41, 5.74) is 2.07. The third-order valence-corrected chi connectivity index (χ3v) is 5.03. The van der Waals surface area contributed by atoms with Gasteiger partial charge < -0.3 is 20.1 Å². The van der Waals surface area contributed by atoms with Crippen LogP contribution in [0.3, 0.4) is 0 Å². The van der Waals surface area contributed by atoms with Crippen molar-refractivity contribution in [1.29, 1.82) is 0 Å². The fourth-order valence-electron chi connectivity index (χ4n) is 3.58. The number of carboxylic acid groups (broad SMARTS) is 1. The van der Waals surface area contributed by atoms with E-state index < -0.39 is 17.4 Å². The van der Waals surface area contributed by atoms with Crippen LogP contribution >= 0.6 is 0 Å². The zero-order valence-electron chi connectivity index (χ0n) is 17.7. The van der Waals surface area contributed by atoms with Gasteiger partial charge in [-0.05, 0) is 37.3 Å². The normalized spacial score (nSPS) is 10.6. The zero-order valence-corrected chi connectivity index (χ0v) is 17.7. The smallest absolute Gasteiger partial charge is 0.409 e. The summed E-state index contributed by atoms with van der Waals surface area (Å²) in [5.74, 6) is -0.0115. The average Bonchev–Trinajstić information content (AvgIpc) is 2.80. The van der Waals surface area contributed by atoms with Crippen molar-refractivity contribution in [1.82, 2.24) is 4.98 Å². The van der Waals surface area contributed by atoms with E-state index in [4.69, 9.17) is 9.84 Å². The summed E-state index contributed by atoms with van der Waals surface area (Å²) in [6, 6.07) is 19.0. The van der Waals surface area contributed by atoms with Gasteiger partial charge in [-0.1, -0.05) is 36.4 Å². The summed E-state index contributed by atoms with van der Waals surface area (Å²) in [6.45, 7) is 2.31. The maximum Gasteiger partial charge on any atom is 0.409 e. The molecule has 4 aromatic rings. The van der Waals surface area contributed by atoms with Crippen molar-refractivity contribution in [3.8, 4) is 16.9 Å². The van der Waals surface area contributed by atoms with E-state index in [1.54, 1.807) is 36.4 Å². The van der Waals surface area contributed by atoms with E-state index in [0.29, 0.717) is 40.1 Å². The lowest BCUT2D eigenvalue weighted by Gasteiger charge is -2.16. The van der Waals surface area contributed by atoms with Gasteiger partial charge in [0.25, 0.3) is 5.91 Å². The first kappa shape index (κ1) is 21.6. The molecule has 0 radical (unpaired) electrons. The minimum atomic E-state index is -1.24. The molecule has 0 atom stereocenters. The summed E-state index contributed by atoms with van der Waals surface area (Å²) < 4.78 is 5.72. The molecule has 0 unspecified atom stereocenters. The van der Waals surface area contributed by atoms with Crippen molar-refractivity contribution >= 4 is 34.3 Å². The van der Waals surface area contributed by atoms with Crippen LogP contribution in [0.2, 0.25) is 0 Å². The van der Waals surface area contributed by atoms with Crippen molar-refractivity contribution < 1.29 is 19.4 Å². The lowest BCUT2D eigenvalue weighted by Crippen LogP contribution is -2.22. The number of carbonyl (C=O) groups is 2. The van der Waals surface area contributed by atoms with Gasteiger partial charge in [0.15, 0.2) is 0 Å². The Morgan fingerprint density at radius 3 is 2.52 bits per heavy atom. The summed E-state index contributed by atoms with van der Waals surface area (Å²) >= 11 is 0. The molecule has 0 bridgehead atoms. The van der Waals surface area contributed by atoms with Gasteiger partial charge in [0, 0.05) is 33.9 Å². The molecule has 0 aliphatic heterocycles. The molecular weight excluding hydrogens is 422 g/mol. The largest absolute Gasteiger partial charge is 0.493 e. The predicted molar refractivity (Wildman–Crippen MR) is 127 cm³/mol. The molecule has 0 spiro atoms. The van der Waals surface area contributed by atoms with Crippen LogP contribution in [0.4, 0.5) is 16.2 Å². The fourth-order valence-corrected chi connectivity index (χ4v) is 3.58. The van der Waals surface area contributed by atoms with E-state index in [-0.39, 0.29) is 11.3 Å². The van der Waals surface area contributed by atoms with E-state index in [9.17, 15) is 14.4 Å². The minimum Gasteiger partial charge on any atom is -0.493 e. The topological polar surface area (TPSA) is 121 Å². The number of benzene rings is 3. The predicted octanol–water partition coefficient (Wildman–Crippen LogP) is 4.94. The lowest BCUT2D eigenvalue weighted by atomic mass is 10.0. The number of carbonyl (C=O) groups excluding carboxylic acids is 1. The highest BCUT2D eigenvalue weighted by Gasteiger charge is 2.18. The van der Waals surface area contributed by atoms with E-state index in [2.05, 4.69) is 15.6 Å². The Bertz CT molecular complexity index is 1410. The number of hydrogen-bond donors (Lipinski definition) is 4. The van der Waals surface area contributed by atoms with Gasteiger partial charge >= 0.3 is 6.09 Å². The van der Waals surface area contributed by atoms with Gasteiger partial charge in [-0.2, -0.15) is 0 Å². The number of anilines is 2. The molecule has 0 fully saturated rings. The molecule has 1 aromatic heterocycles. The van der Waals surface area contributed by atoms with Gasteiger partial charge in [-0.15, -0.1) is 0 Å². The highest BCUT2D eigenvalue weighted by atomic mass is 16.5. The van der Waals surface area contributed by atoms with Gasteiger partial charge in [0.1, 0.15) is 11.3 Å². The first-order valence-electron chi connectivity index (χ1n) is 10.3. The fraction of sp³-hybridized carbons (Fsp3) is 0.0800. The average molecular weight is 443 g/mol. The molecule has 0 saturated heterocycles. The molecule has 0 saturated carbocycles. The molecule has 33 heavy (non-hydrogen) atoms. The number of ether oxygens (including phenoxy) is 1. The number of fused-ring (bicyclic) bond motifs is 1. The van der Waals surface area contributed by atoms with E-state index in [0.717, 1.165) is 0 Å². The molecule has 8 heteroatoms. The number of hydrogen-bond acceptors (Lipinski definition) is 4. The second-order valence-corrected chi connectivity index (χ2v) is 7.15. The Labute approximate surface area is 188 Å². The van der Waals surface area contributed by atoms with E-state index in [1.165, 1.54) is 12.3 Å². The number of aromatic amines is 1. The third-order valence-electron chi connectivity index (χ3n) is 5.03. The highest BCUT2D eigenvalue weighted by Crippen LogP contribution is 2.36. The lowest BCUT2D eigenvalue weighted by molar-refractivity contribution is 0.102. The molecule has 0 aliphatic rings. The summed E-state index contributed by atoms with van der Waals surface area (Å²) in [6.07, 6.45) is 0.133. The van der Waals surface area contributed by atoms with Crippen LogP contribution in [0.1, 0.15) is 17.3 Å². The molecule has 4 rings (SSSR count). The molecule has 4 N–H and O–H groups in total. The van der Waals surface area contributed by atoms with Crippen molar-refractivity contribution in [3.63, 3.8) is 0 Å². The molecule has 8 nitrogen and oxygen atoms in total. The highest BCUT2D eigenvalue weighted by molar-refractivity contribution is 6.08. The minimum absolute atomic E-state index is 0.0608. The van der Waals surface area contributed by atoms with Crippen LogP contribution < -0.4 is 20.8 Å². The van der Waals surface area contributed by atoms with Crippen molar-refractivity contribution in [2.24, 2.45) is 0 Å². The van der Waals surface area contributed by atoms with Crippen LogP contribution in [0.15, 0.2) is 77.7 Å². The number of para-hydroxylation sites is 2. The molecule has 166 valence electrons. The SMILES string of the molecule is CCOc1ccccc1-c1ccc(NC(=O)O)cc1NC(=O)c1c[nH]c2ccccc2c1=O. The number of pyridine rings is 1. The van der Waals surface area contributed by atoms with Gasteiger partial charge in [-0.3, -0.25) is 14.9 Å². The Hall–Kier alpha value is -4.59. The van der Waals surface area contributed by atoms with Crippen molar-refractivity contribution in [2.75, 3.05) is 17.2 Å². The number of nitrogens with one attached hydrogen (secondary N) is 3. The molecule has 0 aliphatic carbocycles. The molecule has 3 aromatic carbocycles. The van der Waals surface area contributed by atoms with Crippen molar-refractivity contribution in [3.05, 3.63) is 88.7 Å². The van der Waals surface area contributed by atoms with Crippen LogP contribution in [0.5, 0.6) is 5.75 Å². The van der Waals surface area contributed by atoms with Crippen LogP contribution in [0.25, 0.3) is 22.0 Å². The first-order valence-corrected chi connectivity index (χ1v) is 10.3. The maximum absolute atomic E-state index is 13.1. The number of aromatic nitrogens is 1. The summed E-state index contributed by atoms with van der Waals surface area (Å²) in [7, 11) is 0. The second-order valence-electron chi connectivity index (χ2n) is 7.15. The zero-order chi connectivity index (χ0) is 23.4. The van der Waals surface area contributed by atoms with Gasteiger partial charge in [0.2, 0.25) is 5.43 Å². The first-order chi connectivity index (χ1) is 16.0. The number of amides is 2. The standard InChI is InChI=1S/C25H21N3O5/c1-2-33-22-10-6-4-7-17(22)16-12-11-15(27-25(31)32)13-21(16)28-24(30)19-14-26-20-9-5-3-8-18(20)23(19)29/h3-14,27H,2H2,1H3,(H,26,29)(H,28,30)(H,31,32). The van der Waals surface area contributed by atoms with Crippen LogP contribution in [0, 0.1) is 0 Å². The van der Waals surface area contributed by atoms with Crippen molar-refractivity contribution in [2.45, 2.75) is 6.92 Å². The Balaban J connectivity index is 1.79. The maximum atomic E-state index is 13.1. The Morgan fingerprint density at radius 2 is 1.73 bits per heavy atom. The quantitative estimate of drug-likeness (QED) is 0.337. The number of H-pyrrole nitrogens is 1. The van der Waals surface area contributed by atoms with Crippen LogP contribution in [-0.4, -0.2) is 28.7 Å². The second kappa shape index (κ2) is 9.27. The van der Waals surface area contributed by atoms with E-state index in [1.807, 2.05) is 31.2 Å². The van der Waals surface area contributed by atoms with E-state index >= 15 is 0 Å². The third kappa shape index (κ3) is 4.54. The monoisotopic (exact) mass is 443 g/mol. The Kier molecular flexibility index (Phi) is 6.08. The molecule has 2 amide bonds.